The van der Waals surface area contributed by atoms with Crippen LogP contribution in [-0.2, 0) is 0 Å². The molecule has 0 N–H and O–H groups in total. The van der Waals surface area contributed by atoms with Gasteiger partial charge in [-0.25, -0.2) is 15.0 Å². The zero-order chi connectivity index (χ0) is 20.1. The van der Waals surface area contributed by atoms with Crippen molar-refractivity contribution in [1.29, 1.82) is 0 Å². The number of anilines is 1. The molecule has 0 aliphatic carbocycles. The van der Waals surface area contributed by atoms with E-state index in [1.54, 1.807) is 11.2 Å². The van der Waals surface area contributed by atoms with Crippen LogP contribution in [0.4, 0.5) is 5.95 Å². The van der Waals surface area contributed by atoms with Crippen molar-refractivity contribution in [3.05, 3.63) is 102 Å². The van der Waals surface area contributed by atoms with Crippen LogP contribution >= 0.6 is 11.6 Å². The van der Waals surface area contributed by atoms with Gasteiger partial charge in [0.2, 0.25) is 5.95 Å². The Kier molecular flexibility index (Phi) is 5.63. The molecule has 0 aliphatic heterocycles. The van der Waals surface area contributed by atoms with Crippen molar-refractivity contribution in [1.82, 2.24) is 9.97 Å². The van der Waals surface area contributed by atoms with Crippen LogP contribution < -0.4 is 5.01 Å². The zero-order valence-electron chi connectivity index (χ0n) is 15.9. The second-order valence-electron chi connectivity index (χ2n) is 6.49. The average molecular weight is 399 g/mol. The van der Waals surface area contributed by atoms with E-state index in [1.165, 1.54) is 0 Å². The minimum Gasteiger partial charge on any atom is -0.235 e. The van der Waals surface area contributed by atoms with Gasteiger partial charge in [-0.2, -0.15) is 5.10 Å². The lowest BCUT2D eigenvalue weighted by Gasteiger charge is -2.14. The summed E-state index contributed by atoms with van der Waals surface area (Å²) in [6.07, 6.45) is 1.74. The van der Waals surface area contributed by atoms with E-state index in [0.29, 0.717) is 11.0 Å². The summed E-state index contributed by atoms with van der Waals surface area (Å²) >= 11 is 6.05. The average Bonchev–Trinajstić information content (AvgIpc) is 2.78. The minimum absolute atomic E-state index is 0.517. The van der Waals surface area contributed by atoms with E-state index in [2.05, 4.69) is 5.10 Å². The normalized spacial score (nSPS) is 11.0. The van der Waals surface area contributed by atoms with E-state index in [1.807, 2.05) is 98.0 Å². The Morgan fingerprint density at radius 3 is 1.90 bits per heavy atom. The summed E-state index contributed by atoms with van der Waals surface area (Å²) < 4.78 is 0. The smallest absolute Gasteiger partial charge is 0.235 e. The van der Waals surface area contributed by atoms with Crippen molar-refractivity contribution >= 4 is 23.8 Å². The first-order valence-electron chi connectivity index (χ1n) is 9.22. The molecular weight excluding hydrogens is 380 g/mol. The molecular formula is C24H19ClN4. The molecule has 0 spiro atoms. The highest BCUT2D eigenvalue weighted by Crippen LogP contribution is 2.26. The Labute approximate surface area is 175 Å². The van der Waals surface area contributed by atoms with E-state index in [9.17, 15) is 0 Å². The number of nitrogens with zero attached hydrogens (tertiary/aromatic N) is 4. The first-order valence-corrected chi connectivity index (χ1v) is 9.60. The first kappa shape index (κ1) is 18.8. The van der Waals surface area contributed by atoms with Gasteiger partial charge >= 0.3 is 0 Å². The summed E-state index contributed by atoms with van der Waals surface area (Å²) in [6.45, 7) is 0. The van der Waals surface area contributed by atoms with Gasteiger partial charge in [0.15, 0.2) is 0 Å². The molecule has 1 heterocycles. The largest absolute Gasteiger partial charge is 0.247 e. The van der Waals surface area contributed by atoms with E-state index in [0.717, 1.165) is 28.1 Å². The van der Waals surface area contributed by atoms with Gasteiger partial charge in [0.25, 0.3) is 0 Å². The van der Waals surface area contributed by atoms with Crippen molar-refractivity contribution in [3.63, 3.8) is 0 Å². The van der Waals surface area contributed by atoms with Crippen molar-refractivity contribution in [2.24, 2.45) is 5.10 Å². The molecule has 0 fully saturated rings. The van der Waals surface area contributed by atoms with E-state index in [4.69, 9.17) is 21.6 Å². The van der Waals surface area contributed by atoms with E-state index in [-0.39, 0.29) is 0 Å². The van der Waals surface area contributed by atoms with E-state index >= 15 is 0 Å². The molecule has 0 atom stereocenters. The van der Waals surface area contributed by atoms with Crippen LogP contribution in [0.1, 0.15) is 5.56 Å². The van der Waals surface area contributed by atoms with Crippen LogP contribution in [-0.4, -0.2) is 23.2 Å². The van der Waals surface area contributed by atoms with Gasteiger partial charge in [-0.05, 0) is 23.8 Å². The fraction of sp³-hybridized carbons (Fsp3) is 0.0417. The quantitative estimate of drug-likeness (QED) is 0.309. The molecule has 29 heavy (non-hydrogen) atoms. The Bertz CT molecular complexity index is 1070. The van der Waals surface area contributed by atoms with Crippen LogP contribution in [0.3, 0.4) is 0 Å². The Morgan fingerprint density at radius 2 is 1.34 bits per heavy atom. The molecule has 0 radical (unpaired) electrons. The van der Waals surface area contributed by atoms with Crippen molar-refractivity contribution < 1.29 is 0 Å². The van der Waals surface area contributed by atoms with Gasteiger partial charge in [0, 0.05) is 23.2 Å². The van der Waals surface area contributed by atoms with Gasteiger partial charge in [-0.3, -0.25) is 0 Å². The first-order chi connectivity index (χ1) is 14.2. The standard InChI is InChI=1S/C24H19ClN4/c1-29(26-17-18-9-8-14-21(25)15-18)24-27-22(19-10-4-2-5-11-19)16-23(28-24)20-12-6-3-7-13-20/h2-17H,1H3/b26-17-. The van der Waals surface area contributed by atoms with Crippen molar-refractivity contribution in [2.45, 2.75) is 0 Å². The maximum Gasteiger partial charge on any atom is 0.247 e. The van der Waals surface area contributed by atoms with Crippen molar-refractivity contribution in [3.8, 4) is 22.5 Å². The number of hydrogen-bond acceptors (Lipinski definition) is 4. The molecule has 0 saturated carbocycles. The van der Waals surface area contributed by atoms with Crippen LogP contribution in [0.5, 0.6) is 0 Å². The second kappa shape index (κ2) is 8.67. The summed E-state index contributed by atoms with van der Waals surface area (Å²) in [5.41, 5.74) is 4.66. The van der Waals surface area contributed by atoms with Crippen LogP contribution in [0.25, 0.3) is 22.5 Å². The maximum absolute atomic E-state index is 6.05. The fourth-order valence-electron chi connectivity index (χ4n) is 2.88. The lowest BCUT2D eigenvalue weighted by molar-refractivity contribution is 0.938. The topological polar surface area (TPSA) is 41.4 Å². The number of benzene rings is 3. The lowest BCUT2D eigenvalue weighted by atomic mass is 10.1. The zero-order valence-corrected chi connectivity index (χ0v) is 16.7. The Morgan fingerprint density at radius 1 is 0.759 bits per heavy atom. The predicted molar refractivity (Wildman–Crippen MR) is 120 cm³/mol. The number of rotatable bonds is 5. The molecule has 1 aromatic heterocycles. The number of hydrazone groups is 1. The summed E-state index contributed by atoms with van der Waals surface area (Å²) in [5, 5.41) is 6.84. The SMILES string of the molecule is CN(/N=C\c1cccc(Cl)c1)c1nc(-c2ccccc2)cc(-c2ccccc2)n1. The summed E-state index contributed by atoms with van der Waals surface area (Å²) in [7, 11) is 1.83. The minimum atomic E-state index is 0.517. The molecule has 0 aliphatic rings. The van der Waals surface area contributed by atoms with Gasteiger partial charge in [-0.15, -0.1) is 0 Å². The summed E-state index contributed by atoms with van der Waals surface area (Å²) in [5.74, 6) is 0.517. The van der Waals surface area contributed by atoms with Crippen LogP contribution in [0.15, 0.2) is 96.1 Å². The molecule has 0 unspecified atom stereocenters. The molecule has 3 aromatic carbocycles. The predicted octanol–water partition coefficient (Wildman–Crippen LogP) is 5.93. The highest BCUT2D eigenvalue weighted by molar-refractivity contribution is 6.30. The van der Waals surface area contributed by atoms with Gasteiger partial charge in [-0.1, -0.05) is 84.4 Å². The lowest BCUT2D eigenvalue weighted by Crippen LogP contribution is -2.13. The molecule has 142 valence electrons. The maximum atomic E-state index is 6.05. The van der Waals surface area contributed by atoms with E-state index < -0.39 is 0 Å². The molecule has 5 heteroatoms. The third-order valence-corrected chi connectivity index (χ3v) is 4.61. The van der Waals surface area contributed by atoms with Crippen LogP contribution in [0, 0.1) is 0 Å². The Hall–Kier alpha value is -3.50. The second-order valence-corrected chi connectivity index (χ2v) is 6.93. The van der Waals surface area contributed by atoms with Crippen molar-refractivity contribution in [2.75, 3.05) is 12.1 Å². The van der Waals surface area contributed by atoms with Gasteiger partial charge < -0.3 is 0 Å². The van der Waals surface area contributed by atoms with Gasteiger partial charge in [0.05, 0.1) is 17.6 Å². The van der Waals surface area contributed by atoms with Crippen LogP contribution in [0.2, 0.25) is 5.02 Å². The number of aromatic nitrogens is 2. The third-order valence-electron chi connectivity index (χ3n) is 4.37. The highest BCUT2D eigenvalue weighted by atomic mass is 35.5. The number of halogens is 1. The fourth-order valence-corrected chi connectivity index (χ4v) is 3.08. The summed E-state index contributed by atoms with van der Waals surface area (Å²) in [6, 6.07) is 29.7. The monoisotopic (exact) mass is 398 g/mol. The Balaban J connectivity index is 1.73. The molecule has 0 saturated heterocycles. The molecule has 0 bridgehead atoms. The molecule has 4 rings (SSSR count). The third kappa shape index (κ3) is 4.68. The summed E-state index contributed by atoms with van der Waals surface area (Å²) in [4.78, 5) is 9.47. The molecule has 4 aromatic rings. The highest BCUT2D eigenvalue weighted by Gasteiger charge is 2.11. The number of hydrogen-bond donors (Lipinski definition) is 0. The molecule has 4 nitrogen and oxygen atoms in total. The molecule has 0 amide bonds. The van der Waals surface area contributed by atoms with Gasteiger partial charge in [0.1, 0.15) is 0 Å².